The van der Waals surface area contributed by atoms with Gasteiger partial charge in [-0.15, -0.1) is 0 Å². The van der Waals surface area contributed by atoms with E-state index in [0.29, 0.717) is 0 Å². The molecule has 0 radical (unpaired) electrons. The van der Waals surface area contributed by atoms with Gasteiger partial charge in [-0.1, -0.05) is 46.4 Å². The van der Waals surface area contributed by atoms with Gasteiger partial charge in [-0.2, -0.15) is 0 Å². The van der Waals surface area contributed by atoms with Crippen LogP contribution in [0.4, 0.5) is 0 Å². The summed E-state index contributed by atoms with van der Waals surface area (Å²) in [5, 5.41) is -0.971. The number of hydrogen-bond acceptors (Lipinski definition) is 10. The van der Waals surface area contributed by atoms with E-state index >= 15 is 0 Å². The van der Waals surface area contributed by atoms with Crippen molar-refractivity contribution in [2.24, 2.45) is 0 Å². The number of fused-ring (bicyclic) bond motifs is 1. The number of carbonyl (C=O) groups is 5. The number of nitrogens with zero attached hydrogens (tertiary/aromatic N) is 1. The second kappa shape index (κ2) is 11.1. The molecule has 0 unspecified atom stereocenters. The quantitative estimate of drug-likeness (QED) is 0.161. The number of carbonyl (C=O) groups excluding carboxylic acids is 5. The van der Waals surface area contributed by atoms with Crippen LogP contribution in [0.1, 0.15) is 41.5 Å². The normalized spacial score (nSPS) is 25.4. The Kier molecular flexibility index (Phi) is 8.74. The van der Waals surface area contributed by atoms with Gasteiger partial charge in [0, 0.05) is 27.9 Å². The van der Waals surface area contributed by atoms with Crippen molar-refractivity contribution in [3.05, 3.63) is 31.2 Å². The van der Waals surface area contributed by atoms with Crippen LogP contribution in [-0.4, -0.2) is 79.0 Å². The highest BCUT2D eigenvalue weighted by atomic mass is 35.5. The molecule has 5 atom stereocenters. The lowest BCUT2D eigenvalue weighted by Gasteiger charge is -2.44. The lowest BCUT2D eigenvalue weighted by molar-refractivity contribution is -0.298. The molecule has 1 aromatic carbocycles. The van der Waals surface area contributed by atoms with Crippen molar-refractivity contribution in [2.45, 2.75) is 51.5 Å². The largest absolute Gasteiger partial charge is 0.456 e. The van der Waals surface area contributed by atoms with Crippen LogP contribution in [0.5, 0.6) is 0 Å². The number of ether oxygens (including phenoxy) is 5. The highest BCUT2D eigenvalue weighted by molar-refractivity contribution is 6.55. The van der Waals surface area contributed by atoms with Crippen LogP contribution in [0.25, 0.3) is 0 Å². The minimum atomic E-state index is -1.43. The molecule has 3 rings (SSSR count). The van der Waals surface area contributed by atoms with E-state index in [0.717, 1.165) is 25.7 Å². The van der Waals surface area contributed by atoms with Crippen molar-refractivity contribution in [2.75, 3.05) is 13.7 Å². The highest BCUT2D eigenvalue weighted by Crippen LogP contribution is 2.45. The Hall–Kier alpha value is -2.15. The summed E-state index contributed by atoms with van der Waals surface area (Å²) >= 11 is 24.4. The van der Waals surface area contributed by atoms with E-state index in [-0.39, 0.29) is 31.2 Å². The average molecular weight is 587 g/mol. The van der Waals surface area contributed by atoms with Gasteiger partial charge in [-0.25, -0.2) is 0 Å². The Morgan fingerprint density at radius 2 is 1.17 bits per heavy atom. The molecular weight excluding hydrogens is 568 g/mol. The summed E-state index contributed by atoms with van der Waals surface area (Å²) in [4.78, 5) is 62.6. The van der Waals surface area contributed by atoms with Crippen LogP contribution >= 0.6 is 46.4 Å². The summed E-state index contributed by atoms with van der Waals surface area (Å²) in [7, 11) is 1.22. The van der Waals surface area contributed by atoms with Gasteiger partial charge in [0.1, 0.15) is 6.10 Å². The minimum absolute atomic E-state index is 0.213. The first-order valence-electron chi connectivity index (χ1n) is 10.2. The Labute approximate surface area is 224 Å². The number of benzene rings is 1. The van der Waals surface area contributed by atoms with Crippen LogP contribution in [0.3, 0.4) is 0 Å². The van der Waals surface area contributed by atoms with Crippen LogP contribution in [-0.2, 0) is 38.1 Å². The molecule has 36 heavy (non-hydrogen) atoms. The smallest absolute Gasteiger partial charge is 0.303 e. The Bertz CT molecular complexity index is 1100. The van der Waals surface area contributed by atoms with Crippen molar-refractivity contribution < 1.29 is 47.7 Å². The first kappa shape index (κ1) is 28.4. The summed E-state index contributed by atoms with van der Waals surface area (Å²) in [5.41, 5.74) is -0.531. The maximum absolute atomic E-state index is 13.2. The third-order valence-electron chi connectivity index (χ3n) is 5.28. The number of methoxy groups -OCH3 is 1. The summed E-state index contributed by atoms with van der Waals surface area (Å²) in [6.07, 6.45) is -6.82. The van der Waals surface area contributed by atoms with E-state index in [1.165, 1.54) is 7.11 Å². The number of halogens is 4. The molecule has 0 N–H and O–H groups in total. The van der Waals surface area contributed by atoms with Gasteiger partial charge in [0.2, 0.25) is 0 Å². The zero-order chi connectivity index (χ0) is 27.1. The van der Waals surface area contributed by atoms with Gasteiger partial charge >= 0.3 is 17.9 Å². The molecule has 11 nitrogen and oxygen atoms in total. The second-order valence-corrected chi connectivity index (χ2v) is 9.24. The number of hydrogen-bond donors (Lipinski definition) is 0. The summed E-state index contributed by atoms with van der Waals surface area (Å²) in [6.45, 7) is 2.74. The van der Waals surface area contributed by atoms with E-state index in [1.807, 2.05) is 0 Å². The van der Waals surface area contributed by atoms with Crippen molar-refractivity contribution in [1.82, 2.24) is 4.90 Å². The molecular formula is C21H19Cl4NO10. The fraction of sp³-hybridized carbons (Fsp3) is 0.476. The molecule has 2 aliphatic rings. The fourth-order valence-electron chi connectivity index (χ4n) is 3.93. The molecule has 2 heterocycles. The first-order valence-corrected chi connectivity index (χ1v) is 11.7. The summed E-state index contributed by atoms with van der Waals surface area (Å²) < 4.78 is 26.9. The molecule has 1 fully saturated rings. The predicted molar refractivity (Wildman–Crippen MR) is 124 cm³/mol. The third-order valence-corrected chi connectivity index (χ3v) is 7.08. The summed E-state index contributed by atoms with van der Waals surface area (Å²) in [5.74, 6) is -4.11. The predicted octanol–water partition coefficient (Wildman–Crippen LogP) is 3.06. The van der Waals surface area contributed by atoms with E-state index in [1.54, 1.807) is 0 Å². The maximum atomic E-state index is 13.2. The Morgan fingerprint density at radius 1 is 0.750 bits per heavy atom. The Morgan fingerprint density at radius 3 is 1.58 bits per heavy atom. The zero-order valence-electron chi connectivity index (χ0n) is 19.1. The monoisotopic (exact) mass is 585 g/mol. The average Bonchev–Trinajstić information content (AvgIpc) is 3.03. The molecule has 1 aromatic rings. The molecule has 0 bridgehead atoms. The number of esters is 3. The molecule has 0 aromatic heterocycles. The van der Waals surface area contributed by atoms with Gasteiger partial charge in [0.05, 0.1) is 37.8 Å². The number of rotatable bonds is 6. The van der Waals surface area contributed by atoms with Gasteiger partial charge in [0.15, 0.2) is 24.6 Å². The van der Waals surface area contributed by atoms with E-state index < -0.39 is 67.0 Å². The molecule has 0 saturated carbocycles. The van der Waals surface area contributed by atoms with Gasteiger partial charge in [0.25, 0.3) is 11.8 Å². The third kappa shape index (κ3) is 5.27. The standard InChI is InChI=1S/C21H19Cl4NO10/c1-6(27)33-16-9(36-21(32-4)18(35-8(3)29)17(16)34-7(2)28)5-26-19(30)10-11(20(26)31)13(23)15(25)14(24)12(10)22/h9,16-18,21H,5H2,1-4H3/t9-,16+,17+,18-,21+/m1/s1. The van der Waals surface area contributed by atoms with Crippen LogP contribution < -0.4 is 0 Å². The molecule has 15 heteroatoms. The van der Waals surface area contributed by atoms with Crippen LogP contribution in [0, 0.1) is 0 Å². The topological polar surface area (TPSA) is 135 Å². The maximum Gasteiger partial charge on any atom is 0.303 e. The highest BCUT2D eigenvalue weighted by Gasteiger charge is 2.54. The lowest BCUT2D eigenvalue weighted by atomic mass is 9.97. The number of imide groups is 1. The van der Waals surface area contributed by atoms with E-state index in [9.17, 15) is 24.0 Å². The lowest BCUT2D eigenvalue weighted by Crippen LogP contribution is -2.64. The van der Waals surface area contributed by atoms with E-state index in [2.05, 4.69) is 0 Å². The minimum Gasteiger partial charge on any atom is -0.456 e. The molecule has 1 saturated heterocycles. The van der Waals surface area contributed by atoms with Crippen molar-refractivity contribution >= 4 is 76.1 Å². The van der Waals surface area contributed by atoms with Crippen molar-refractivity contribution in [1.29, 1.82) is 0 Å². The zero-order valence-corrected chi connectivity index (χ0v) is 22.2. The molecule has 2 aliphatic heterocycles. The van der Waals surface area contributed by atoms with Crippen molar-refractivity contribution in [3.8, 4) is 0 Å². The van der Waals surface area contributed by atoms with Gasteiger partial charge in [-0.05, 0) is 0 Å². The molecule has 0 spiro atoms. The SMILES string of the molecule is CO[C@H]1O[C@H](CN2C(=O)c3c(Cl)c(Cl)c(Cl)c(Cl)c3C2=O)[C@H](OC(C)=O)[C@H](OC(C)=O)[C@H]1OC(C)=O. The van der Waals surface area contributed by atoms with Crippen molar-refractivity contribution in [3.63, 3.8) is 0 Å². The summed E-state index contributed by atoms with van der Waals surface area (Å²) in [6, 6.07) is 0. The van der Waals surface area contributed by atoms with Crippen LogP contribution in [0.2, 0.25) is 20.1 Å². The Balaban J connectivity index is 2.03. The van der Waals surface area contributed by atoms with Gasteiger partial charge < -0.3 is 23.7 Å². The van der Waals surface area contributed by atoms with E-state index in [4.69, 9.17) is 70.1 Å². The van der Waals surface area contributed by atoms with Crippen LogP contribution in [0.15, 0.2) is 0 Å². The molecule has 2 amide bonds. The first-order chi connectivity index (χ1) is 16.8. The van der Waals surface area contributed by atoms with Gasteiger partial charge in [-0.3, -0.25) is 28.9 Å². The second-order valence-electron chi connectivity index (χ2n) is 7.73. The fourth-order valence-corrected chi connectivity index (χ4v) is 4.95. The number of amides is 2. The molecule has 196 valence electrons. The molecule has 0 aliphatic carbocycles.